The highest BCUT2D eigenvalue weighted by Gasteiger charge is 2.22. The van der Waals surface area contributed by atoms with Gasteiger partial charge in [0.05, 0.1) is 31.2 Å². The van der Waals surface area contributed by atoms with Gasteiger partial charge in [-0.1, -0.05) is 30.3 Å². The first-order chi connectivity index (χ1) is 13.1. The van der Waals surface area contributed by atoms with E-state index in [0.717, 1.165) is 11.8 Å². The standard InChI is InChI=1S/C21H19BrO5/c1-24-17-10-16(27-12-13-7-5-4-6-8-13)18-15(20(17)25-2)9-14(11-23)19(22)21(18)26-3/h4-11H,12H2,1-3H3. The molecule has 3 rings (SSSR count). The molecule has 0 radical (unpaired) electrons. The molecule has 5 nitrogen and oxygen atoms in total. The monoisotopic (exact) mass is 430 g/mol. The van der Waals surface area contributed by atoms with Crippen molar-refractivity contribution in [1.82, 2.24) is 0 Å². The Morgan fingerprint density at radius 1 is 0.926 bits per heavy atom. The minimum Gasteiger partial charge on any atom is -0.495 e. The van der Waals surface area contributed by atoms with Crippen molar-refractivity contribution in [1.29, 1.82) is 0 Å². The van der Waals surface area contributed by atoms with Gasteiger partial charge < -0.3 is 18.9 Å². The van der Waals surface area contributed by atoms with Crippen molar-refractivity contribution >= 4 is 33.0 Å². The SMILES string of the molecule is COc1cc(OCc2ccccc2)c2c(OC)c(Br)c(C=O)cc2c1OC. The van der Waals surface area contributed by atoms with Crippen LogP contribution in [0.4, 0.5) is 0 Å². The predicted octanol–water partition coefficient (Wildman–Crippen LogP) is 5.02. The molecule has 140 valence electrons. The second kappa shape index (κ2) is 8.31. The Hall–Kier alpha value is -2.73. The summed E-state index contributed by atoms with van der Waals surface area (Å²) in [5.74, 6) is 2.09. The van der Waals surface area contributed by atoms with Crippen LogP contribution in [0.3, 0.4) is 0 Å². The molecule has 0 unspecified atom stereocenters. The van der Waals surface area contributed by atoms with Gasteiger partial charge in [0.2, 0.25) is 0 Å². The maximum absolute atomic E-state index is 11.5. The highest BCUT2D eigenvalue weighted by Crippen LogP contribution is 2.48. The smallest absolute Gasteiger partial charge is 0.168 e. The molecule has 0 heterocycles. The molecule has 3 aromatic carbocycles. The summed E-state index contributed by atoms with van der Waals surface area (Å²) in [7, 11) is 4.66. The Bertz CT molecular complexity index is 970. The number of methoxy groups -OCH3 is 3. The number of ether oxygens (including phenoxy) is 4. The lowest BCUT2D eigenvalue weighted by molar-refractivity contribution is 0.112. The van der Waals surface area contributed by atoms with Gasteiger partial charge in [-0.2, -0.15) is 0 Å². The highest BCUT2D eigenvalue weighted by molar-refractivity contribution is 9.10. The van der Waals surface area contributed by atoms with E-state index in [9.17, 15) is 4.79 Å². The molecule has 0 N–H and O–H groups in total. The molecule has 0 aromatic heterocycles. The van der Waals surface area contributed by atoms with E-state index in [2.05, 4.69) is 15.9 Å². The number of rotatable bonds is 7. The summed E-state index contributed by atoms with van der Waals surface area (Å²) in [6, 6.07) is 13.3. The fourth-order valence-corrected chi connectivity index (χ4v) is 3.52. The van der Waals surface area contributed by atoms with Crippen molar-refractivity contribution < 1.29 is 23.7 Å². The normalized spacial score (nSPS) is 10.5. The minimum absolute atomic E-state index is 0.377. The van der Waals surface area contributed by atoms with Crippen LogP contribution in [0.25, 0.3) is 10.8 Å². The first kappa shape index (κ1) is 19.0. The first-order valence-electron chi connectivity index (χ1n) is 8.21. The van der Waals surface area contributed by atoms with Crippen molar-refractivity contribution in [2.45, 2.75) is 6.61 Å². The second-order valence-electron chi connectivity index (χ2n) is 5.74. The highest BCUT2D eigenvalue weighted by atomic mass is 79.9. The molecular weight excluding hydrogens is 412 g/mol. The third-order valence-electron chi connectivity index (χ3n) is 4.22. The molecule has 27 heavy (non-hydrogen) atoms. The molecule has 0 bridgehead atoms. The van der Waals surface area contributed by atoms with E-state index < -0.39 is 0 Å². The van der Waals surface area contributed by atoms with E-state index in [4.69, 9.17) is 18.9 Å². The Morgan fingerprint density at radius 3 is 2.22 bits per heavy atom. The van der Waals surface area contributed by atoms with Gasteiger partial charge in [-0.25, -0.2) is 0 Å². The third-order valence-corrected chi connectivity index (χ3v) is 5.04. The molecule has 0 spiro atoms. The summed E-state index contributed by atoms with van der Waals surface area (Å²) in [5, 5.41) is 1.37. The summed E-state index contributed by atoms with van der Waals surface area (Å²) in [6.45, 7) is 0.377. The van der Waals surface area contributed by atoms with Gasteiger partial charge in [-0.05, 0) is 27.6 Å². The van der Waals surface area contributed by atoms with E-state index in [0.29, 0.717) is 50.4 Å². The number of carbonyl (C=O) groups is 1. The lowest BCUT2D eigenvalue weighted by Gasteiger charge is -2.19. The van der Waals surface area contributed by atoms with Crippen LogP contribution in [0.5, 0.6) is 23.0 Å². The molecule has 0 atom stereocenters. The van der Waals surface area contributed by atoms with Gasteiger partial charge in [0.1, 0.15) is 18.1 Å². The van der Waals surface area contributed by atoms with E-state index in [1.807, 2.05) is 30.3 Å². The van der Waals surface area contributed by atoms with Crippen LogP contribution in [0.2, 0.25) is 0 Å². The number of hydrogen-bond acceptors (Lipinski definition) is 5. The quantitative estimate of drug-likeness (QED) is 0.492. The molecule has 0 aliphatic carbocycles. The Labute approximate surface area is 165 Å². The van der Waals surface area contributed by atoms with E-state index in [1.165, 1.54) is 0 Å². The lowest BCUT2D eigenvalue weighted by atomic mass is 10.0. The zero-order valence-electron chi connectivity index (χ0n) is 15.2. The van der Waals surface area contributed by atoms with Gasteiger partial charge in [-0.15, -0.1) is 0 Å². The second-order valence-corrected chi connectivity index (χ2v) is 6.53. The number of hydrogen-bond donors (Lipinski definition) is 0. The summed E-state index contributed by atoms with van der Waals surface area (Å²) in [5.41, 5.74) is 1.47. The fourth-order valence-electron chi connectivity index (χ4n) is 2.96. The van der Waals surface area contributed by atoms with Crippen LogP contribution in [-0.4, -0.2) is 27.6 Å². The van der Waals surface area contributed by atoms with Crippen molar-refractivity contribution in [3.8, 4) is 23.0 Å². The van der Waals surface area contributed by atoms with Crippen LogP contribution in [0, 0.1) is 0 Å². The number of fused-ring (bicyclic) bond motifs is 1. The Balaban J connectivity index is 2.25. The molecule has 0 amide bonds. The number of benzene rings is 3. The average Bonchev–Trinajstić information content (AvgIpc) is 2.71. The van der Waals surface area contributed by atoms with Crippen molar-refractivity contribution in [3.63, 3.8) is 0 Å². The molecule has 0 saturated carbocycles. The molecule has 0 aliphatic heterocycles. The van der Waals surface area contributed by atoms with Crippen LogP contribution in [-0.2, 0) is 6.61 Å². The maximum atomic E-state index is 11.5. The van der Waals surface area contributed by atoms with Crippen molar-refractivity contribution in [2.24, 2.45) is 0 Å². The minimum atomic E-state index is 0.377. The van der Waals surface area contributed by atoms with Gasteiger partial charge in [-0.3, -0.25) is 4.79 Å². The third kappa shape index (κ3) is 3.57. The molecule has 6 heteroatoms. The van der Waals surface area contributed by atoms with Crippen molar-refractivity contribution in [2.75, 3.05) is 21.3 Å². The lowest BCUT2D eigenvalue weighted by Crippen LogP contribution is -2.01. The largest absolute Gasteiger partial charge is 0.495 e. The summed E-state index contributed by atoms with van der Waals surface area (Å²) in [6.07, 6.45) is 0.759. The number of halogens is 1. The van der Waals surface area contributed by atoms with Crippen LogP contribution >= 0.6 is 15.9 Å². The maximum Gasteiger partial charge on any atom is 0.168 e. The summed E-state index contributed by atoms with van der Waals surface area (Å²) >= 11 is 3.45. The van der Waals surface area contributed by atoms with Crippen molar-refractivity contribution in [3.05, 3.63) is 58.1 Å². The first-order valence-corrected chi connectivity index (χ1v) is 9.01. The van der Waals surface area contributed by atoms with Gasteiger partial charge in [0.15, 0.2) is 17.8 Å². The van der Waals surface area contributed by atoms with E-state index in [-0.39, 0.29) is 0 Å². The topological polar surface area (TPSA) is 54.0 Å². The zero-order valence-corrected chi connectivity index (χ0v) is 16.8. The summed E-state index contributed by atoms with van der Waals surface area (Å²) in [4.78, 5) is 11.5. The van der Waals surface area contributed by atoms with Gasteiger partial charge in [0, 0.05) is 17.0 Å². The zero-order chi connectivity index (χ0) is 19.4. The molecule has 0 aliphatic rings. The van der Waals surface area contributed by atoms with Gasteiger partial charge in [0.25, 0.3) is 0 Å². The van der Waals surface area contributed by atoms with Crippen LogP contribution < -0.4 is 18.9 Å². The predicted molar refractivity (Wildman–Crippen MR) is 107 cm³/mol. The van der Waals surface area contributed by atoms with Gasteiger partial charge >= 0.3 is 0 Å². The molecular formula is C21H19BrO5. The number of aldehydes is 1. The number of carbonyl (C=O) groups excluding carboxylic acids is 1. The average molecular weight is 431 g/mol. The molecule has 3 aromatic rings. The molecule has 0 saturated heterocycles. The fraction of sp³-hybridized carbons (Fsp3) is 0.190. The van der Waals surface area contributed by atoms with Crippen LogP contribution in [0.1, 0.15) is 15.9 Å². The Morgan fingerprint density at radius 2 is 1.63 bits per heavy atom. The Kier molecular flexibility index (Phi) is 5.86. The van der Waals surface area contributed by atoms with E-state index in [1.54, 1.807) is 33.5 Å². The van der Waals surface area contributed by atoms with Crippen LogP contribution in [0.15, 0.2) is 46.9 Å². The molecule has 0 fully saturated rings. The van der Waals surface area contributed by atoms with E-state index >= 15 is 0 Å². The summed E-state index contributed by atoms with van der Waals surface area (Å²) < 4.78 is 23.2.